The third kappa shape index (κ3) is 7.31. The van der Waals surface area contributed by atoms with Gasteiger partial charge in [0.15, 0.2) is 15.8 Å². The first-order valence-corrected chi connectivity index (χ1v) is 12.0. The molecule has 1 fully saturated rings. The molecule has 1 heterocycles. The zero-order valence-corrected chi connectivity index (χ0v) is 21.1. The van der Waals surface area contributed by atoms with Crippen LogP contribution < -0.4 is 10.2 Å². The van der Waals surface area contributed by atoms with E-state index in [2.05, 4.69) is 26.2 Å². The number of benzene rings is 2. The molecule has 0 radical (unpaired) electrons. The third-order valence-corrected chi connectivity index (χ3v) is 5.96. The summed E-state index contributed by atoms with van der Waals surface area (Å²) in [5, 5.41) is 4.16. The highest BCUT2D eigenvalue weighted by Crippen LogP contribution is 2.20. The third-order valence-electron chi connectivity index (χ3n) is 4.87. The first-order chi connectivity index (χ1) is 13.8. The quantitative estimate of drug-likeness (QED) is 0.344. The summed E-state index contributed by atoms with van der Waals surface area (Å²) in [5.41, 5.74) is 3.04. The van der Waals surface area contributed by atoms with E-state index in [0.29, 0.717) is 6.54 Å². The monoisotopic (exact) mass is 562 g/mol. The lowest BCUT2D eigenvalue weighted by Gasteiger charge is -2.37. The molecule has 0 bridgehead atoms. The van der Waals surface area contributed by atoms with Crippen molar-refractivity contribution in [2.24, 2.45) is 4.99 Å². The van der Waals surface area contributed by atoms with Crippen molar-refractivity contribution in [1.29, 1.82) is 0 Å². The molecule has 2 aromatic rings. The summed E-state index contributed by atoms with van der Waals surface area (Å²) >= 11 is 6.11. The Labute approximate surface area is 201 Å². The molecule has 3 rings (SSSR count). The van der Waals surface area contributed by atoms with Crippen LogP contribution in [0.15, 0.2) is 53.5 Å². The fourth-order valence-corrected chi connectivity index (χ4v) is 4.40. The first-order valence-electron chi connectivity index (χ1n) is 9.56. The lowest BCUT2D eigenvalue weighted by molar-refractivity contribution is 0.372. The molecular weight excluding hydrogens is 535 g/mol. The molecule has 9 heteroatoms. The number of nitrogens with zero attached hydrogens (tertiary/aromatic N) is 3. The van der Waals surface area contributed by atoms with E-state index in [0.717, 1.165) is 54.0 Å². The van der Waals surface area contributed by atoms with Crippen molar-refractivity contribution in [2.45, 2.75) is 12.3 Å². The molecule has 0 aromatic heterocycles. The fraction of sp³-hybridized carbons (Fsp3) is 0.381. The first kappa shape index (κ1) is 24.7. The Morgan fingerprint density at radius 3 is 2.27 bits per heavy atom. The standard InChI is InChI=1S/C21H27ClN4O2S.HI/c1-23-21(24-15-17-6-8-18(9-7-17)16-29(2,27)28)26-12-10-25(11-13-26)20-5-3-4-19(22)14-20;/h3-9,14H,10-13,15-16H2,1-2H3,(H,23,24);1H. The van der Waals surface area contributed by atoms with Gasteiger partial charge in [0.1, 0.15) is 0 Å². The number of sulfone groups is 1. The zero-order valence-electron chi connectivity index (χ0n) is 17.2. The minimum Gasteiger partial charge on any atom is -0.368 e. The normalized spacial score (nSPS) is 15.0. The summed E-state index contributed by atoms with van der Waals surface area (Å²) in [6.45, 7) is 4.20. The van der Waals surface area contributed by atoms with Gasteiger partial charge in [-0.3, -0.25) is 4.99 Å². The van der Waals surface area contributed by atoms with Crippen molar-refractivity contribution in [1.82, 2.24) is 10.2 Å². The van der Waals surface area contributed by atoms with E-state index >= 15 is 0 Å². The SMILES string of the molecule is CN=C(NCc1ccc(CS(C)(=O)=O)cc1)N1CCN(c2cccc(Cl)c2)CC1.I. The molecule has 1 N–H and O–H groups in total. The van der Waals surface area contributed by atoms with Crippen LogP contribution >= 0.6 is 35.6 Å². The zero-order chi connectivity index (χ0) is 20.9. The smallest absolute Gasteiger partial charge is 0.194 e. The summed E-state index contributed by atoms with van der Waals surface area (Å²) in [6.07, 6.45) is 1.25. The summed E-state index contributed by atoms with van der Waals surface area (Å²) in [5.74, 6) is 0.940. The molecule has 2 aromatic carbocycles. The fourth-order valence-electron chi connectivity index (χ4n) is 3.42. The average Bonchev–Trinajstić information content (AvgIpc) is 2.69. The largest absolute Gasteiger partial charge is 0.368 e. The van der Waals surface area contributed by atoms with Gasteiger partial charge >= 0.3 is 0 Å². The number of piperazine rings is 1. The summed E-state index contributed by atoms with van der Waals surface area (Å²) in [7, 11) is -1.22. The summed E-state index contributed by atoms with van der Waals surface area (Å²) in [6, 6.07) is 15.6. The van der Waals surface area contributed by atoms with Crippen molar-refractivity contribution in [3.8, 4) is 0 Å². The molecule has 6 nitrogen and oxygen atoms in total. The molecule has 0 spiro atoms. The van der Waals surface area contributed by atoms with Crippen LogP contribution in [-0.4, -0.2) is 58.8 Å². The molecule has 0 atom stereocenters. The molecule has 0 unspecified atom stereocenters. The maximum Gasteiger partial charge on any atom is 0.194 e. The lowest BCUT2D eigenvalue weighted by Crippen LogP contribution is -2.52. The van der Waals surface area contributed by atoms with Gasteiger partial charge in [0.05, 0.1) is 5.75 Å². The van der Waals surface area contributed by atoms with E-state index in [-0.39, 0.29) is 29.7 Å². The Hall–Kier alpha value is -1.52. The molecule has 0 amide bonds. The number of hydrogen-bond donors (Lipinski definition) is 1. The van der Waals surface area contributed by atoms with Crippen molar-refractivity contribution in [2.75, 3.05) is 44.4 Å². The number of halogens is 2. The molecule has 0 aliphatic carbocycles. The molecule has 164 valence electrons. The van der Waals surface area contributed by atoms with Gasteiger partial charge in [0, 0.05) is 56.7 Å². The second-order valence-electron chi connectivity index (χ2n) is 7.24. The minimum absolute atomic E-state index is 0. The molecule has 1 aliphatic heterocycles. The molecule has 1 aliphatic rings. The summed E-state index contributed by atoms with van der Waals surface area (Å²) < 4.78 is 22.8. The Morgan fingerprint density at radius 2 is 1.70 bits per heavy atom. The van der Waals surface area contributed by atoms with Crippen LogP contribution in [0.3, 0.4) is 0 Å². The Bertz CT molecular complexity index is 959. The van der Waals surface area contributed by atoms with Crippen LogP contribution in [0.25, 0.3) is 0 Å². The van der Waals surface area contributed by atoms with E-state index in [1.165, 1.54) is 6.26 Å². The van der Waals surface area contributed by atoms with Crippen molar-refractivity contribution in [3.63, 3.8) is 0 Å². The lowest BCUT2D eigenvalue weighted by atomic mass is 10.1. The Balaban J connectivity index is 0.00000320. The van der Waals surface area contributed by atoms with Crippen molar-refractivity contribution < 1.29 is 8.42 Å². The van der Waals surface area contributed by atoms with E-state index < -0.39 is 9.84 Å². The van der Waals surface area contributed by atoms with Gasteiger partial charge in [-0.25, -0.2) is 8.42 Å². The van der Waals surface area contributed by atoms with Crippen molar-refractivity contribution in [3.05, 3.63) is 64.7 Å². The second-order valence-corrected chi connectivity index (χ2v) is 9.82. The number of rotatable bonds is 5. The highest BCUT2D eigenvalue weighted by molar-refractivity contribution is 14.0. The highest BCUT2D eigenvalue weighted by atomic mass is 127. The average molecular weight is 563 g/mol. The number of nitrogens with one attached hydrogen (secondary N) is 1. The Morgan fingerprint density at radius 1 is 1.07 bits per heavy atom. The number of anilines is 1. The van der Waals surface area contributed by atoms with Crippen LogP contribution in [-0.2, 0) is 22.1 Å². The highest BCUT2D eigenvalue weighted by Gasteiger charge is 2.20. The molecule has 0 saturated carbocycles. The van der Waals surface area contributed by atoms with Crippen molar-refractivity contribution >= 4 is 57.1 Å². The van der Waals surface area contributed by atoms with Crippen LogP contribution in [0.4, 0.5) is 5.69 Å². The van der Waals surface area contributed by atoms with E-state index in [1.807, 2.05) is 42.5 Å². The van der Waals surface area contributed by atoms with Gasteiger partial charge in [-0.1, -0.05) is 41.9 Å². The predicted octanol–water partition coefficient (Wildman–Crippen LogP) is 3.40. The number of aliphatic imine (C=N–C) groups is 1. The van der Waals surface area contributed by atoms with E-state index in [1.54, 1.807) is 7.05 Å². The molecule has 1 saturated heterocycles. The van der Waals surface area contributed by atoms with Gasteiger partial charge in [0.25, 0.3) is 0 Å². The second kappa shape index (κ2) is 11.2. The molecular formula is C21H28ClIN4O2S. The van der Waals surface area contributed by atoms with Gasteiger partial charge < -0.3 is 15.1 Å². The van der Waals surface area contributed by atoms with Crippen LogP contribution in [0.1, 0.15) is 11.1 Å². The van der Waals surface area contributed by atoms with Gasteiger partial charge in [-0.2, -0.15) is 0 Å². The summed E-state index contributed by atoms with van der Waals surface area (Å²) in [4.78, 5) is 9.00. The maximum atomic E-state index is 11.4. The maximum absolute atomic E-state index is 11.4. The van der Waals surface area contributed by atoms with Crippen LogP contribution in [0.2, 0.25) is 5.02 Å². The molecule has 30 heavy (non-hydrogen) atoms. The predicted molar refractivity (Wildman–Crippen MR) is 136 cm³/mol. The van der Waals surface area contributed by atoms with Gasteiger partial charge in [0.2, 0.25) is 0 Å². The minimum atomic E-state index is -3.01. The van der Waals surface area contributed by atoms with Gasteiger partial charge in [-0.15, -0.1) is 24.0 Å². The van der Waals surface area contributed by atoms with Crippen LogP contribution in [0.5, 0.6) is 0 Å². The van der Waals surface area contributed by atoms with Gasteiger partial charge in [-0.05, 0) is 29.3 Å². The van der Waals surface area contributed by atoms with E-state index in [4.69, 9.17) is 11.6 Å². The van der Waals surface area contributed by atoms with Crippen LogP contribution in [0, 0.1) is 0 Å². The topological polar surface area (TPSA) is 65.0 Å². The number of guanidine groups is 1. The number of hydrogen-bond acceptors (Lipinski definition) is 4. The Kier molecular flexibility index (Phi) is 9.24. The van der Waals surface area contributed by atoms with E-state index in [9.17, 15) is 8.42 Å².